The van der Waals surface area contributed by atoms with Crippen LogP contribution in [0.3, 0.4) is 0 Å². The van der Waals surface area contributed by atoms with Crippen LogP contribution in [0.5, 0.6) is 5.75 Å². The van der Waals surface area contributed by atoms with Gasteiger partial charge in [-0.05, 0) is 6.07 Å². The fraction of sp³-hybridized carbons (Fsp3) is 0.500. The molecule has 1 aliphatic rings. The van der Waals surface area contributed by atoms with Gasteiger partial charge in [0.2, 0.25) is 0 Å². The Labute approximate surface area is 129 Å². The third-order valence-corrected chi connectivity index (χ3v) is 2.94. The lowest BCUT2D eigenvalue weighted by Gasteiger charge is -2.29. The lowest BCUT2D eigenvalue weighted by Crippen LogP contribution is -2.37. The first kappa shape index (κ1) is 18.4. The number of benzene rings is 1. The van der Waals surface area contributed by atoms with Crippen LogP contribution in [-0.4, -0.2) is 39.2 Å². The van der Waals surface area contributed by atoms with Crippen molar-refractivity contribution in [1.29, 1.82) is 0 Å². The third kappa shape index (κ3) is 6.43. The predicted molar refractivity (Wildman–Crippen MR) is 75.6 cm³/mol. The lowest BCUT2D eigenvalue weighted by molar-refractivity contribution is -0.386. The van der Waals surface area contributed by atoms with Crippen molar-refractivity contribution in [3.05, 3.63) is 34.4 Å². The van der Waals surface area contributed by atoms with E-state index < -0.39 is 21.9 Å². The molecule has 1 unspecified atom stereocenters. The SMILES string of the molecule is NS(=O)[O-].O=[N+]([O-])c1ccccc1OCC1(F)CCOCC1. The molecule has 10 heteroatoms. The van der Waals surface area contributed by atoms with Crippen molar-refractivity contribution in [2.45, 2.75) is 18.5 Å². The molecule has 1 fully saturated rings. The van der Waals surface area contributed by atoms with Gasteiger partial charge in [0.25, 0.3) is 0 Å². The second-order valence-electron chi connectivity index (χ2n) is 4.54. The molecule has 2 rings (SSSR count). The molecule has 1 atom stereocenters. The summed E-state index contributed by atoms with van der Waals surface area (Å²) in [5, 5.41) is 14.8. The smallest absolute Gasteiger partial charge is 0.310 e. The summed E-state index contributed by atoms with van der Waals surface area (Å²) in [7, 11) is 0. The van der Waals surface area contributed by atoms with Crippen LogP contribution in [0.15, 0.2) is 24.3 Å². The molecule has 1 heterocycles. The maximum Gasteiger partial charge on any atom is 0.310 e. The first-order valence-corrected chi connectivity index (χ1v) is 7.44. The first-order valence-electron chi connectivity index (χ1n) is 6.30. The zero-order valence-corrected chi connectivity index (χ0v) is 12.4. The molecule has 0 aliphatic carbocycles. The highest BCUT2D eigenvalue weighted by molar-refractivity contribution is 7.76. The van der Waals surface area contributed by atoms with E-state index in [4.69, 9.17) is 18.2 Å². The largest absolute Gasteiger partial charge is 0.760 e. The van der Waals surface area contributed by atoms with Crippen LogP contribution >= 0.6 is 0 Å². The number of hydrogen-bond acceptors (Lipinski definition) is 6. The Bertz CT molecular complexity index is 520. The first-order chi connectivity index (χ1) is 10.3. The standard InChI is InChI=1S/C12H14FNO4.H3NO2S/c13-12(5-7-17-8-6-12)9-18-11-4-2-1-3-10(11)14(15)16;1-4(2)3/h1-4H,5-9H2;1H2,(H,2,3)/p-1. The number of ether oxygens (including phenoxy) is 2. The topological polar surface area (TPSA) is 128 Å². The van der Waals surface area contributed by atoms with Gasteiger partial charge >= 0.3 is 5.69 Å². The molecule has 0 amide bonds. The number of alkyl halides is 1. The second kappa shape index (κ2) is 8.73. The van der Waals surface area contributed by atoms with Crippen molar-refractivity contribution in [3.63, 3.8) is 0 Å². The summed E-state index contributed by atoms with van der Waals surface area (Å²) in [5.41, 5.74) is -1.60. The fourth-order valence-electron chi connectivity index (χ4n) is 1.82. The van der Waals surface area contributed by atoms with Gasteiger partial charge in [-0.15, -0.1) is 0 Å². The molecule has 0 aromatic heterocycles. The predicted octanol–water partition coefficient (Wildman–Crippen LogP) is 1.23. The van der Waals surface area contributed by atoms with Crippen LogP contribution in [0.4, 0.5) is 10.1 Å². The normalized spacial score (nSPS) is 17.8. The van der Waals surface area contributed by atoms with Crippen LogP contribution in [0.1, 0.15) is 12.8 Å². The number of hydrogen-bond donors (Lipinski definition) is 1. The summed E-state index contributed by atoms with van der Waals surface area (Å²) >= 11 is -2.36. The zero-order valence-electron chi connectivity index (χ0n) is 11.6. The lowest BCUT2D eigenvalue weighted by atomic mass is 9.98. The van der Waals surface area contributed by atoms with Gasteiger partial charge < -0.3 is 14.0 Å². The molecular weight excluding hydrogens is 319 g/mol. The number of nitro groups is 1. The minimum Gasteiger partial charge on any atom is -0.760 e. The average Bonchev–Trinajstić information content (AvgIpc) is 2.46. The molecule has 2 N–H and O–H groups in total. The Morgan fingerprint density at radius 3 is 2.50 bits per heavy atom. The van der Waals surface area contributed by atoms with Gasteiger partial charge in [0.15, 0.2) is 5.75 Å². The average molecular weight is 335 g/mol. The third-order valence-electron chi connectivity index (χ3n) is 2.94. The van der Waals surface area contributed by atoms with Gasteiger partial charge in [0, 0.05) is 43.4 Å². The van der Waals surface area contributed by atoms with Crippen LogP contribution in [-0.2, 0) is 16.0 Å². The van der Waals surface area contributed by atoms with Gasteiger partial charge in [-0.2, -0.15) is 0 Å². The highest BCUT2D eigenvalue weighted by atomic mass is 32.2. The van der Waals surface area contributed by atoms with E-state index in [9.17, 15) is 14.5 Å². The molecular formula is C12H16FN2O6S-. The van der Waals surface area contributed by atoms with Gasteiger partial charge in [-0.3, -0.25) is 19.5 Å². The summed E-state index contributed by atoms with van der Waals surface area (Å²) in [6.07, 6.45) is 0.515. The van der Waals surface area contributed by atoms with E-state index in [1.165, 1.54) is 12.1 Å². The van der Waals surface area contributed by atoms with E-state index in [1.54, 1.807) is 12.1 Å². The molecule has 0 radical (unpaired) electrons. The van der Waals surface area contributed by atoms with Crippen molar-refractivity contribution in [2.24, 2.45) is 5.14 Å². The molecule has 1 aliphatic heterocycles. The molecule has 0 bridgehead atoms. The second-order valence-corrected chi connectivity index (χ2v) is 5.06. The number of nitro benzene ring substituents is 1. The van der Waals surface area contributed by atoms with E-state index in [2.05, 4.69) is 5.14 Å². The van der Waals surface area contributed by atoms with Crippen molar-refractivity contribution in [2.75, 3.05) is 19.8 Å². The van der Waals surface area contributed by atoms with Gasteiger partial charge in [0.1, 0.15) is 12.3 Å². The molecule has 1 saturated heterocycles. The number of halogens is 1. The Morgan fingerprint density at radius 2 is 1.95 bits per heavy atom. The summed E-state index contributed by atoms with van der Waals surface area (Å²) in [6.45, 7) is 0.536. The molecule has 0 saturated carbocycles. The quantitative estimate of drug-likeness (QED) is 0.501. The fourth-order valence-corrected chi connectivity index (χ4v) is 1.82. The van der Waals surface area contributed by atoms with Gasteiger partial charge in [-0.25, -0.2) is 4.39 Å². The summed E-state index contributed by atoms with van der Waals surface area (Å²) < 4.78 is 42.1. The highest BCUT2D eigenvalue weighted by Crippen LogP contribution is 2.30. The minimum absolute atomic E-state index is 0.103. The van der Waals surface area contributed by atoms with E-state index in [1.807, 2.05) is 0 Å². The molecule has 8 nitrogen and oxygen atoms in total. The summed E-state index contributed by atoms with van der Waals surface area (Å²) in [6, 6.07) is 5.98. The monoisotopic (exact) mass is 335 g/mol. The maximum atomic E-state index is 14.2. The Kier molecular flexibility index (Phi) is 7.32. The van der Waals surface area contributed by atoms with Crippen LogP contribution < -0.4 is 9.88 Å². The highest BCUT2D eigenvalue weighted by Gasteiger charge is 2.34. The molecule has 0 spiro atoms. The number of para-hydroxylation sites is 2. The van der Waals surface area contributed by atoms with Gasteiger partial charge in [0.05, 0.1) is 4.92 Å². The molecule has 1 aromatic carbocycles. The van der Waals surface area contributed by atoms with Crippen LogP contribution in [0, 0.1) is 10.1 Å². The Morgan fingerprint density at radius 1 is 1.41 bits per heavy atom. The van der Waals surface area contributed by atoms with E-state index >= 15 is 0 Å². The van der Waals surface area contributed by atoms with E-state index in [0.717, 1.165) is 0 Å². The summed E-state index contributed by atoms with van der Waals surface area (Å²) in [4.78, 5) is 10.2. The van der Waals surface area contributed by atoms with Crippen LogP contribution in [0.2, 0.25) is 0 Å². The number of rotatable bonds is 4. The van der Waals surface area contributed by atoms with E-state index in [0.29, 0.717) is 13.2 Å². The maximum absolute atomic E-state index is 14.2. The van der Waals surface area contributed by atoms with E-state index in [-0.39, 0.29) is 30.9 Å². The van der Waals surface area contributed by atoms with Crippen molar-refractivity contribution in [1.82, 2.24) is 0 Å². The summed E-state index contributed by atoms with van der Waals surface area (Å²) in [5.74, 6) is 0.103. The van der Waals surface area contributed by atoms with Crippen LogP contribution in [0.25, 0.3) is 0 Å². The number of nitrogens with two attached hydrogens (primary N) is 1. The van der Waals surface area contributed by atoms with Crippen molar-refractivity contribution in [3.8, 4) is 5.75 Å². The molecule has 22 heavy (non-hydrogen) atoms. The van der Waals surface area contributed by atoms with Crippen molar-refractivity contribution < 1.29 is 27.5 Å². The van der Waals surface area contributed by atoms with Gasteiger partial charge in [-0.1, -0.05) is 12.1 Å². The Balaban J connectivity index is 0.000000541. The zero-order chi connectivity index (χ0) is 16.6. The minimum atomic E-state index is -2.36. The Hall–Kier alpha value is -1.62. The van der Waals surface area contributed by atoms with Crippen molar-refractivity contribution >= 4 is 17.0 Å². The molecule has 1 aromatic rings. The molecule has 124 valence electrons. The number of nitrogens with zero attached hydrogens (tertiary/aromatic N) is 1.